The average molecular weight is 335 g/mol. The summed E-state index contributed by atoms with van der Waals surface area (Å²) in [6.45, 7) is -1.39. The normalized spacial score (nSPS) is 10.8. The number of hydrogen-bond donors (Lipinski definition) is 1. The lowest BCUT2D eigenvalue weighted by Crippen LogP contribution is -2.19. The van der Waals surface area contributed by atoms with Gasteiger partial charge in [0.25, 0.3) is 0 Å². The lowest BCUT2D eigenvalue weighted by molar-refractivity contribution is -0.153. The molecule has 124 valence electrons. The zero-order chi connectivity index (χ0) is 17.6. The van der Waals surface area contributed by atoms with Crippen molar-refractivity contribution in [2.45, 2.75) is 12.6 Å². The molecule has 0 saturated carbocycles. The number of halogens is 3. The fourth-order valence-corrected chi connectivity index (χ4v) is 1.82. The molecule has 1 aromatic heterocycles. The topological polar surface area (TPSA) is 75.0 Å². The molecule has 1 heterocycles. The van der Waals surface area contributed by atoms with E-state index in [0.29, 0.717) is 11.1 Å². The quantitative estimate of drug-likeness (QED) is 0.911. The number of alkyl halides is 3. The van der Waals surface area contributed by atoms with E-state index in [1.54, 1.807) is 6.07 Å². The molecule has 24 heavy (non-hydrogen) atoms. The van der Waals surface area contributed by atoms with E-state index in [2.05, 4.69) is 15.0 Å². The third kappa shape index (κ3) is 5.61. The smallest absolute Gasteiger partial charge is 0.422 e. The second-order valence-corrected chi connectivity index (χ2v) is 4.82. The molecule has 8 heteroatoms. The molecular weight excluding hydrogens is 323 g/mol. The maximum absolute atomic E-state index is 12.1. The van der Waals surface area contributed by atoms with Crippen LogP contribution in [0.5, 0.6) is 5.75 Å². The van der Waals surface area contributed by atoms with E-state index in [1.165, 1.54) is 36.5 Å². The standard InChI is InChI=1S/C16H12F3N3O2/c17-16(18,19)10-24-13-3-1-2-11(6-13)7-15(23)22-14-5-4-12(8-20)9-21-14/h1-6,9H,7,10H2,(H,21,22,23). The Morgan fingerprint density at radius 2 is 2.08 bits per heavy atom. The molecule has 0 unspecified atom stereocenters. The summed E-state index contributed by atoms with van der Waals surface area (Å²) in [4.78, 5) is 15.8. The van der Waals surface area contributed by atoms with Crippen LogP contribution in [0.15, 0.2) is 42.6 Å². The van der Waals surface area contributed by atoms with Gasteiger partial charge in [-0.1, -0.05) is 12.1 Å². The average Bonchev–Trinajstić information content (AvgIpc) is 2.53. The fourth-order valence-electron chi connectivity index (χ4n) is 1.82. The van der Waals surface area contributed by atoms with Gasteiger partial charge in [0.05, 0.1) is 12.0 Å². The third-order valence-corrected chi connectivity index (χ3v) is 2.83. The van der Waals surface area contributed by atoms with E-state index in [1.807, 2.05) is 6.07 Å². The van der Waals surface area contributed by atoms with Crippen molar-refractivity contribution in [2.24, 2.45) is 0 Å². The number of carbonyl (C=O) groups is 1. The lowest BCUT2D eigenvalue weighted by atomic mass is 10.1. The Bertz CT molecular complexity index is 752. The van der Waals surface area contributed by atoms with E-state index in [9.17, 15) is 18.0 Å². The first-order valence-electron chi connectivity index (χ1n) is 6.80. The number of hydrogen-bond acceptors (Lipinski definition) is 4. The number of nitriles is 1. The zero-order valence-electron chi connectivity index (χ0n) is 12.3. The molecule has 1 amide bonds. The molecule has 0 spiro atoms. The molecule has 2 aromatic rings. The van der Waals surface area contributed by atoms with Crippen molar-refractivity contribution in [3.63, 3.8) is 0 Å². The number of benzene rings is 1. The Balaban J connectivity index is 1.94. The first-order valence-corrected chi connectivity index (χ1v) is 6.80. The van der Waals surface area contributed by atoms with Crippen molar-refractivity contribution in [3.8, 4) is 11.8 Å². The number of amides is 1. The Labute approximate surface area is 135 Å². The molecule has 0 bridgehead atoms. The van der Waals surface area contributed by atoms with Gasteiger partial charge in [-0.3, -0.25) is 4.79 Å². The number of rotatable bonds is 5. The summed E-state index contributed by atoms with van der Waals surface area (Å²) in [6.07, 6.45) is -3.15. The minimum Gasteiger partial charge on any atom is -0.484 e. The van der Waals surface area contributed by atoms with E-state index in [4.69, 9.17) is 5.26 Å². The molecule has 2 rings (SSSR count). The van der Waals surface area contributed by atoms with E-state index in [-0.39, 0.29) is 23.9 Å². The molecule has 0 fully saturated rings. The van der Waals surface area contributed by atoms with E-state index < -0.39 is 12.8 Å². The lowest BCUT2D eigenvalue weighted by Gasteiger charge is -2.10. The van der Waals surface area contributed by atoms with Crippen LogP contribution in [0.2, 0.25) is 0 Å². The second-order valence-electron chi connectivity index (χ2n) is 4.82. The van der Waals surface area contributed by atoms with Gasteiger partial charge in [0.1, 0.15) is 17.6 Å². The molecule has 1 aromatic carbocycles. The highest BCUT2D eigenvalue weighted by molar-refractivity contribution is 5.91. The number of ether oxygens (including phenoxy) is 1. The summed E-state index contributed by atoms with van der Waals surface area (Å²) >= 11 is 0. The predicted octanol–water partition coefficient (Wildman–Crippen LogP) is 3.08. The van der Waals surface area contributed by atoms with Crippen molar-refractivity contribution in [3.05, 3.63) is 53.7 Å². The van der Waals surface area contributed by atoms with E-state index >= 15 is 0 Å². The second kappa shape index (κ2) is 7.46. The number of pyridine rings is 1. The van der Waals surface area contributed by atoms with Crippen molar-refractivity contribution < 1.29 is 22.7 Å². The highest BCUT2D eigenvalue weighted by Gasteiger charge is 2.28. The minimum atomic E-state index is -4.42. The van der Waals surface area contributed by atoms with Crippen LogP contribution in [0.25, 0.3) is 0 Å². The fraction of sp³-hybridized carbons (Fsp3) is 0.188. The number of anilines is 1. The third-order valence-electron chi connectivity index (χ3n) is 2.83. The number of aromatic nitrogens is 1. The van der Waals surface area contributed by atoms with Crippen molar-refractivity contribution in [2.75, 3.05) is 11.9 Å². The maximum atomic E-state index is 12.1. The Hall–Kier alpha value is -3.08. The molecule has 0 aliphatic rings. The molecule has 0 radical (unpaired) electrons. The van der Waals surface area contributed by atoms with Gasteiger partial charge in [-0.25, -0.2) is 4.98 Å². The maximum Gasteiger partial charge on any atom is 0.422 e. The largest absolute Gasteiger partial charge is 0.484 e. The van der Waals surface area contributed by atoms with Crippen LogP contribution in [-0.2, 0) is 11.2 Å². The highest BCUT2D eigenvalue weighted by Crippen LogP contribution is 2.19. The van der Waals surface area contributed by atoms with Gasteiger partial charge in [-0.15, -0.1) is 0 Å². The van der Waals surface area contributed by atoms with Crippen LogP contribution in [0.3, 0.4) is 0 Å². The summed E-state index contributed by atoms with van der Waals surface area (Å²) in [5.74, 6) is -0.0715. The SMILES string of the molecule is N#Cc1ccc(NC(=O)Cc2cccc(OCC(F)(F)F)c2)nc1. The van der Waals surface area contributed by atoms with Gasteiger partial charge in [0.2, 0.25) is 5.91 Å². The molecule has 0 aliphatic carbocycles. The zero-order valence-corrected chi connectivity index (χ0v) is 12.3. The van der Waals surface area contributed by atoms with Gasteiger partial charge in [0, 0.05) is 6.20 Å². The van der Waals surface area contributed by atoms with E-state index in [0.717, 1.165) is 0 Å². The molecule has 0 atom stereocenters. The predicted molar refractivity (Wildman–Crippen MR) is 79.3 cm³/mol. The monoisotopic (exact) mass is 335 g/mol. The van der Waals surface area contributed by atoms with Gasteiger partial charge < -0.3 is 10.1 Å². The van der Waals surface area contributed by atoms with Crippen LogP contribution in [0.1, 0.15) is 11.1 Å². The van der Waals surface area contributed by atoms with Crippen molar-refractivity contribution in [1.29, 1.82) is 5.26 Å². The van der Waals surface area contributed by atoms with Crippen LogP contribution in [0.4, 0.5) is 19.0 Å². The summed E-state index contributed by atoms with van der Waals surface area (Å²) in [7, 11) is 0. The number of carbonyl (C=O) groups excluding carboxylic acids is 1. The summed E-state index contributed by atoms with van der Waals surface area (Å²) in [6, 6.07) is 10.8. The number of nitrogens with one attached hydrogen (secondary N) is 1. The Kier molecular flexibility index (Phi) is 5.37. The van der Waals surface area contributed by atoms with Crippen molar-refractivity contribution in [1.82, 2.24) is 4.98 Å². The Morgan fingerprint density at radius 1 is 1.29 bits per heavy atom. The van der Waals surface area contributed by atoms with Crippen LogP contribution < -0.4 is 10.1 Å². The number of nitrogens with zero attached hydrogens (tertiary/aromatic N) is 2. The highest BCUT2D eigenvalue weighted by atomic mass is 19.4. The molecule has 0 aliphatic heterocycles. The van der Waals surface area contributed by atoms with Crippen molar-refractivity contribution >= 4 is 11.7 Å². The van der Waals surface area contributed by atoms with Crippen LogP contribution >= 0.6 is 0 Å². The first-order chi connectivity index (χ1) is 11.4. The summed E-state index contributed by atoms with van der Waals surface area (Å²) < 4.78 is 41.0. The van der Waals surface area contributed by atoms with Crippen LogP contribution in [-0.4, -0.2) is 23.7 Å². The minimum absolute atomic E-state index is 0.0362. The van der Waals surface area contributed by atoms with Crippen LogP contribution in [0, 0.1) is 11.3 Å². The van der Waals surface area contributed by atoms with Gasteiger partial charge in [-0.2, -0.15) is 18.4 Å². The summed E-state index contributed by atoms with van der Waals surface area (Å²) in [5.41, 5.74) is 0.864. The molecular formula is C16H12F3N3O2. The van der Waals surface area contributed by atoms with Gasteiger partial charge in [0.15, 0.2) is 6.61 Å². The Morgan fingerprint density at radius 3 is 2.71 bits per heavy atom. The molecule has 0 saturated heterocycles. The summed E-state index contributed by atoms with van der Waals surface area (Å²) in [5, 5.41) is 11.2. The molecule has 5 nitrogen and oxygen atoms in total. The first kappa shape index (κ1) is 17.3. The van der Waals surface area contributed by atoms with Gasteiger partial charge in [-0.05, 0) is 29.8 Å². The van der Waals surface area contributed by atoms with Gasteiger partial charge >= 0.3 is 6.18 Å². The molecule has 1 N–H and O–H groups in total.